The number of carbonyl (C=O) groups is 1. The number of anilines is 1. The quantitative estimate of drug-likeness (QED) is 0.638. The minimum atomic E-state index is -0.0766. The molecule has 0 atom stereocenters. The predicted octanol–water partition coefficient (Wildman–Crippen LogP) is 2.19. The van der Waals surface area contributed by atoms with Gasteiger partial charge in [0.05, 0.1) is 0 Å². The molecule has 2 rings (SSSR count). The average Bonchev–Trinajstić information content (AvgIpc) is 2.44. The van der Waals surface area contributed by atoms with Crippen molar-refractivity contribution in [2.75, 3.05) is 26.0 Å². The van der Waals surface area contributed by atoms with Crippen LogP contribution in [0.4, 0.5) is 5.69 Å². The molecule has 0 radical (unpaired) electrons. The molecule has 0 saturated heterocycles. The fraction of sp³-hybridized carbons (Fsp3) is 0.267. The monoisotopic (exact) mass is 258 g/mol. The normalized spacial score (nSPS) is 10.6. The van der Waals surface area contributed by atoms with Crippen molar-refractivity contribution in [1.29, 1.82) is 0 Å². The second-order valence-corrected chi connectivity index (χ2v) is 4.35. The molecule has 0 spiro atoms. The molecule has 0 heterocycles. The summed E-state index contributed by atoms with van der Waals surface area (Å²) in [5, 5.41) is 4.68. The van der Waals surface area contributed by atoms with Gasteiger partial charge in [0.15, 0.2) is 0 Å². The molecule has 2 aromatic carbocycles. The van der Waals surface area contributed by atoms with Crippen LogP contribution in [-0.4, -0.2) is 26.2 Å². The van der Waals surface area contributed by atoms with Gasteiger partial charge in [-0.25, -0.2) is 0 Å². The van der Waals surface area contributed by atoms with E-state index in [0.717, 1.165) is 17.2 Å². The summed E-state index contributed by atoms with van der Waals surface area (Å²) in [5.41, 5.74) is 7.26. The average molecular weight is 258 g/mol. The molecule has 0 unspecified atom stereocenters. The van der Waals surface area contributed by atoms with Crippen molar-refractivity contribution in [3.8, 4) is 0 Å². The summed E-state index contributed by atoms with van der Waals surface area (Å²) in [6, 6.07) is 11.2. The zero-order valence-electron chi connectivity index (χ0n) is 11.0. The molecular formula is C15H18N2O2. The number of hydrogen-bond acceptors (Lipinski definition) is 3. The van der Waals surface area contributed by atoms with Crippen LogP contribution in [0.5, 0.6) is 0 Å². The second-order valence-electron chi connectivity index (χ2n) is 4.35. The van der Waals surface area contributed by atoms with E-state index in [9.17, 15) is 4.79 Å². The van der Waals surface area contributed by atoms with E-state index in [0.29, 0.717) is 24.4 Å². The molecule has 3 N–H and O–H groups in total. The maximum absolute atomic E-state index is 12.1. The topological polar surface area (TPSA) is 64.3 Å². The first-order valence-corrected chi connectivity index (χ1v) is 6.28. The minimum Gasteiger partial charge on any atom is -0.398 e. The Balaban J connectivity index is 2.20. The van der Waals surface area contributed by atoms with E-state index in [1.165, 1.54) is 0 Å². The Kier molecular flexibility index (Phi) is 4.36. The number of methoxy groups -OCH3 is 1. The van der Waals surface area contributed by atoms with Crippen molar-refractivity contribution >= 4 is 22.4 Å². The highest BCUT2D eigenvalue weighted by atomic mass is 16.5. The van der Waals surface area contributed by atoms with Crippen LogP contribution in [0.25, 0.3) is 10.8 Å². The van der Waals surface area contributed by atoms with Crippen molar-refractivity contribution in [2.24, 2.45) is 0 Å². The van der Waals surface area contributed by atoms with Crippen molar-refractivity contribution < 1.29 is 9.53 Å². The van der Waals surface area contributed by atoms with Gasteiger partial charge in [0, 0.05) is 36.9 Å². The van der Waals surface area contributed by atoms with Gasteiger partial charge in [-0.1, -0.05) is 24.3 Å². The molecule has 0 aliphatic heterocycles. The highest BCUT2D eigenvalue weighted by Crippen LogP contribution is 2.24. The summed E-state index contributed by atoms with van der Waals surface area (Å²) < 4.78 is 4.95. The van der Waals surface area contributed by atoms with Gasteiger partial charge in [-0.2, -0.15) is 0 Å². The first-order valence-electron chi connectivity index (χ1n) is 6.28. The van der Waals surface area contributed by atoms with Crippen LogP contribution < -0.4 is 11.1 Å². The molecule has 4 heteroatoms. The Hall–Kier alpha value is -2.07. The lowest BCUT2D eigenvalue weighted by molar-refractivity contribution is 0.0950. The van der Waals surface area contributed by atoms with E-state index in [1.807, 2.05) is 24.3 Å². The number of rotatable bonds is 5. The Labute approximate surface area is 112 Å². The van der Waals surface area contributed by atoms with E-state index < -0.39 is 0 Å². The molecular weight excluding hydrogens is 240 g/mol. The summed E-state index contributed by atoms with van der Waals surface area (Å²) in [6.07, 6.45) is 0.801. The van der Waals surface area contributed by atoms with Gasteiger partial charge in [0.25, 0.3) is 5.91 Å². The van der Waals surface area contributed by atoms with Gasteiger partial charge in [-0.05, 0) is 23.9 Å². The zero-order chi connectivity index (χ0) is 13.7. The van der Waals surface area contributed by atoms with E-state index in [-0.39, 0.29) is 5.91 Å². The molecule has 0 bridgehead atoms. The number of benzene rings is 2. The summed E-state index contributed by atoms with van der Waals surface area (Å²) in [7, 11) is 1.65. The molecule has 0 aliphatic rings. The van der Waals surface area contributed by atoms with Crippen molar-refractivity contribution in [1.82, 2.24) is 5.32 Å². The third-order valence-corrected chi connectivity index (χ3v) is 3.01. The molecule has 4 nitrogen and oxygen atoms in total. The molecule has 1 amide bonds. The summed E-state index contributed by atoms with van der Waals surface area (Å²) >= 11 is 0. The zero-order valence-corrected chi connectivity index (χ0v) is 11.0. The number of hydrogen-bond donors (Lipinski definition) is 2. The fourth-order valence-corrected chi connectivity index (χ4v) is 2.03. The summed E-state index contributed by atoms with van der Waals surface area (Å²) in [5.74, 6) is -0.0766. The molecule has 2 aromatic rings. The third-order valence-electron chi connectivity index (χ3n) is 3.01. The fourth-order valence-electron chi connectivity index (χ4n) is 2.03. The molecule has 19 heavy (non-hydrogen) atoms. The van der Waals surface area contributed by atoms with E-state index in [1.54, 1.807) is 19.2 Å². The predicted molar refractivity (Wildman–Crippen MR) is 77.2 cm³/mol. The molecule has 100 valence electrons. The van der Waals surface area contributed by atoms with Crippen LogP contribution in [0.2, 0.25) is 0 Å². The Morgan fingerprint density at radius 3 is 2.68 bits per heavy atom. The van der Waals surface area contributed by atoms with Gasteiger partial charge in [0.1, 0.15) is 0 Å². The number of nitrogens with one attached hydrogen (secondary N) is 1. The number of fused-ring (bicyclic) bond motifs is 1. The van der Waals surface area contributed by atoms with Crippen molar-refractivity contribution in [3.63, 3.8) is 0 Å². The third kappa shape index (κ3) is 3.03. The van der Waals surface area contributed by atoms with Crippen molar-refractivity contribution in [2.45, 2.75) is 6.42 Å². The number of nitrogens with two attached hydrogens (primary N) is 1. The molecule has 0 aromatic heterocycles. The first kappa shape index (κ1) is 13.4. The largest absolute Gasteiger partial charge is 0.398 e. The molecule has 0 fully saturated rings. The number of nitrogen functional groups attached to an aromatic ring is 1. The summed E-state index contributed by atoms with van der Waals surface area (Å²) in [6.45, 7) is 1.24. The highest BCUT2D eigenvalue weighted by Gasteiger charge is 2.10. The van der Waals surface area contributed by atoms with E-state index in [2.05, 4.69) is 5.32 Å². The number of ether oxygens (including phenoxy) is 1. The van der Waals surface area contributed by atoms with Gasteiger partial charge >= 0.3 is 0 Å². The van der Waals surface area contributed by atoms with Gasteiger partial charge in [-0.15, -0.1) is 0 Å². The van der Waals surface area contributed by atoms with Crippen LogP contribution in [0.1, 0.15) is 16.8 Å². The van der Waals surface area contributed by atoms with Gasteiger partial charge in [0.2, 0.25) is 0 Å². The van der Waals surface area contributed by atoms with Crippen molar-refractivity contribution in [3.05, 3.63) is 42.0 Å². The lowest BCUT2D eigenvalue weighted by Crippen LogP contribution is -2.25. The lowest BCUT2D eigenvalue weighted by atomic mass is 10.0. The van der Waals surface area contributed by atoms with Gasteiger partial charge in [-0.3, -0.25) is 4.79 Å². The van der Waals surface area contributed by atoms with Crippen LogP contribution in [0, 0.1) is 0 Å². The number of carbonyl (C=O) groups excluding carboxylic acids is 1. The van der Waals surface area contributed by atoms with E-state index in [4.69, 9.17) is 10.5 Å². The SMILES string of the molecule is COCCCNC(=O)c1ccc(N)c2ccccc12. The van der Waals surface area contributed by atoms with Crippen LogP contribution in [0.15, 0.2) is 36.4 Å². The van der Waals surface area contributed by atoms with Crippen LogP contribution in [-0.2, 0) is 4.74 Å². The highest BCUT2D eigenvalue weighted by molar-refractivity contribution is 6.09. The van der Waals surface area contributed by atoms with E-state index >= 15 is 0 Å². The second kappa shape index (κ2) is 6.20. The number of amides is 1. The first-order chi connectivity index (χ1) is 9.24. The minimum absolute atomic E-state index is 0.0766. The van der Waals surface area contributed by atoms with Gasteiger partial charge < -0.3 is 15.8 Å². The van der Waals surface area contributed by atoms with Crippen LogP contribution in [0.3, 0.4) is 0 Å². The standard InChI is InChI=1S/C15H18N2O2/c1-19-10-4-9-17-15(18)13-7-8-14(16)12-6-3-2-5-11(12)13/h2-3,5-8H,4,9-10,16H2,1H3,(H,17,18). The lowest BCUT2D eigenvalue weighted by Gasteiger charge is -2.09. The smallest absolute Gasteiger partial charge is 0.251 e. The molecule has 0 aliphatic carbocycles. The maximum atomic E-state index is 12.1. The molecule has 0 saturated carbocycles. The van der Waals surface area contributed by atoms with Crippen LogP contribution >= 0.6 is 0 Å². The Morgan fingerprint density at radius 1 is 1.21 bits per heavy atom. The Bertz CT molecular complexity index is 581. The Morgan fingerprint density at radius 2 is 1.95 bits per heavy atom. The summed E-state index contributed by atoms with van der Waals surface area (Å²) in [4.78, 5) is 12.1. The maximum Gasteiger partial charge on any atom is 0.251 e.